The van der Waals surface area contributed by atoms with E-state index in [1.165, 1.54) is 19.9 Å². The molecule has 3 aromatic rings. The van der Waals surface area contributed by atoms with Gasteiger partial charge in [-0.2, -0.15) is 0 Å². The molecule has 0 heterocycles. The lowest BCUT2D eigenvalue weighted by Gasteiger charge is -2.30. The predicted molar refractivity (Wildman–Crippen MR) is 145 cm³/mol. The number of aryl methyl sites for hydroxylation is 1. The zero-order valence-corrected chi connectivity index (χ0v) is 22.0. The zero-order valence-electron chi connectivity index (χ0n) is 20.5. The Morgan fingerprint density at radius 3 is 2.14 bits per heavy atom. The molecule has 36 heavy (non-hydrogen) atoms. The molecule has 2 atom stereocenters. The molecular formula is C28H29Cl2F3N2O. The molecule has 2 unspecified atom stereocenters. The number of halogens is 5. The second-order valence-corrected chi connectivity index (χ2v) is 9.56. The first-order valence-corrected chi connectivity index (χ1v) is 11.7. The van der Waals surface area contributed by atoms with E-state index >= 15 is 0 Å². The normalized spacial score (nSPS) is 13.1. The van der Waals surface area contributed by atoms with E-state index in [0.29, 0.717) is 22.0 Å². The summed E-state index contributed by atoms with van der Waals surface area (Å²) in [5.41, 5.74) is 3.14. The fourth-order valence-corrected chi connectivity index (χ4v) is 3.97. The maximum Gasteiger partial charge on any atom is 0.148 e. The van der Waals surface area contributed by atoms with Gasteiger partial charge in [0.2, 0.25) is 0 Å². The Bertz CT molecular complexity index is 1230. The van der Waals surface area contributed by atoms with Crippen molar-refractivity contribution in [1.29, 1.82) is 0 Å². The molecule has 3 aromatic carbocycles. The molecule has 0 saturated heterocycles. The molecule has 8 heteroatoms. The first kappa shape index (κ1) is 29.3. The third kappa shape index (κ3) is 7.53. The topological polar surface area (TPSA) is 44.3 Å². The van der Waals surface area contributed by atoms with Crippen LogP contribution in [0.5, 0.6) is 0 Å². The van der Waals surface area contributed by atoms with Crippen molar-refractivity contribution in [2.24, 2.45) is 0 Å². The van der Waals surface area contributed by atoms with Crippen LogP contribution in [0.2, 0.25) is 5.02 Å². The quantitative estimate of drug-likeness (QED) is 0.265. The van der Waals surface area contributed by atoms with E-state index in [2.05, 4.69) is 23.8 Å². The van der Waals surface area contributed by atoms with E-state index < -0.39 is 22.6 Å². The van der Waals surface area contributed by atoms with E-state index in [4.69, 9.17) is 23.2 Å². The maximum absolute atomic E-state index is 14.0. The molecule has 0 spiro atoms. The lowest BCUT2D eigenvalue weighted by atomic mass is 9.89. The van der Waals surface area contributed by atoms with Gasteiger partial charge in [0.15, 0.2) is 0 Å². The Kier molecular flexibility index (Phi) is 10.1. The van der Waals surface area contributed by atoms with Gasteiger partial charge in [0.05, 0.1) is 11.6 Å². The van der Waals surface area contributed by atoms with Gasteiger partial charge < -0.3 is 15.7 Å². The molecule has 3 nitrogen and oxygen atoms in total. The summed E-state index contributed by atoms with van der Waals surface area (Å²) in [6, 6.07) is 12.5. The highest BCUT2D eigenvalue weighted by molar-refractivity contribution is 6.32. The van der Waals surface area contributed by atoms with Gasteiger partial charge in [-0.25, -0.2) is 13.2 Å². The van der Waals surface area contributed by atoms with Crippen molar-refractivity contribution in [2.75, 3.05) is 17.7 Å². The van der Waals surface area contributed by atoms with Gasteiger partial charge in [0.25, 0.3) is 0 Å². The van der Waals surface area contributed by atoms with Crippen LogP contribution in [0.15, 0.2) is 67.4 Å². The highest BCUT2D eigenvalue weighted by Gasteiger charge is 2.34. The highest BCUT2D eigenvalue weighted by Crippen LogP contribution is 2.38. The Balaban J connectivity index is 0.000000380. The number of hydrogen-bond acceptors (Lipinski definition) is 3. The standard InChI is InChI=1S/C20H19Cl2F2NO.C8H10FN/c1-5-13-8-15(6-7-16(13)21)25-12(3)19(20(4,22)26)14-9-17(23)11(2)18(24)10-14;1-6-3-4-8(10-2)7(9)5-6/h5-10,19,25-26H,1,3H2,2,4H3;3-5,10H,1-2H3. The number of anilines is 2. The van der Waals surface area contributed by atoms with Crippen LogP contribution in [0, 0.1) is 31.3 Å². The van der Waals surface area contributed by atoms with Crippen LogP contribution in [-0.4, -0.2) is 17.2 Å². The van der Waals surface area contributed by atoms with Crippen molar-refractivity contribution in [2.45, 2.75) is 31.7 Å². The number of rotatable bonds is 7. The van der Waals surface area contributed by atoms with Crippen LogP contribution in [0.3, 0.4) is 0 Å². The molecule has 0 radical (unpaired) electrons. The first-order chi connectivity index (χ1) is 16.8. The van der Waals surface area contributed by atoms with E-state index in [9.17, 15) is 18.3 Å². The van der Waals surface area contributed by atoms with Crippen LogP contribution < -0.4 is 10.6 Å². The van der Waals surface area contributed by atoms with Gasteiger partial charge in [-0.15, -0.1) is 0 Å². The van der Waals surface area contributed by atoms with Crippen molar-refractivity contribution in [3.63, 3.8) is 0 Å². The predicted octanol–water partition coefficient (Wildman–Crippen LogP) is 8.40. The number of benzene rings is 3. The summed E-state index contributed by atoms with van der Waals surface area (Å²) in [5, 5.41) is 14.8. The Morgan fingerprint density at radius 2 is 1.64 bits per heavy atom. The summed E-state index contributed by atoms with van der Waals surface area (Å²) in [7, 11) is 1.70. The molecule has 3 rings (SSSR count). The molecule has 0 bridgehead atoms. The summed E-state index contributed by atoms with van der Waals surface area (Å²) in [6.07, 6.45) is 1.59. The Hall–Kier alpha value is -2.93. The second kappa shape index (κ2) is 12.3. The van der Waals surface area contributed by atoms with E-state index in [0.717, 1.165) is 17.7 Å². The van der Waals surface area contributed by atoms with E-state index in [-0.39, 0.29) is 22.6 Å². The average molecular weight is 537 g/mol. The van der Waals surface area contributed by atoms with Gasteiger partial charge in [0.1, 0.15) is 22.5 Å². The zero-order chi connectivity index (χ0) is 27.2. The number of alkyl halides is 1. The van der Waals surface area contributed by atoms with E-state index in [1.54, 1.807) is 37.4 Å². The summed E-state index contributed by atoms with van der Waals surface area (Å²) >= 11 is 12.1. The molecule has 0 amide bonds. The summed E-state index contributed by atoms with van der Waals surface area (Å²) in [6.45, 7) is 12.1. The van der Waals surface area contributed by atoms with Crippen molar-refractivity contribution in [3.8, 4) is 0 Å². The smallest absolute Gasteiger partial charge is 0.148 e. The largest absolute Gasteiger partial charge is 0.386 e. The minimum Gasteiger partial charge on any atom is -0.386 e. The summed E-state index contributed by atoms with van der Waals surface area (Å²) in [4.78, 5) is 0. The number of hydrogen-bond donors (Lipinski definition) is 3. The van der Waals surface area contributed by atoms with E-state index in [1.807, 2.05) is 13.0 Å². The number of aliphatic hydroxyl groups is 1. The fourth-order valence-electron chi connectivity index (χ4n) is 3.51. The van der Waals surface area contributed by atoms with Crippen molar-refractivity contribution in [3.05, 3.63) is 112 Å². The van der Waals surface area contributed by atoms with Gasteiger partial charge in [0, 0.05) is 29.0 Å². The van der Waals surface area contributed by atoms with Gasteiger partial charge in [-0.3, -0.25) is 0 Å². The molecule has 0 saturated carbocycles. The Morgan fingerprint density at radius 1 is 1.03 bits per heavy atom. The van der Waals surface area contributed by atoms with Gasteiger partial charge in [-0.1, -0.05) is 48.5 Å². The van der Waals surface area contributed by atoms with Crippen molar-refractivity contribution in [1.82, 2.24) is 0 Å². The summed E-state index contributed by atoms with van der Waals surface area (Å²) < 4.78 is 40.8. The maximum atomic E-state index is 14.0. The molecule has 0 fully saturated rings. The molecular weight excluding hydrogens is 508 g/mol. The van der Waals surface area contributed by atoms with Crippen molar-refractivity contribution >= 4 is 40.7 Å². The molecule has 0 aliphatic carbocycles. The monoisotopic (exact) mass is 536 g/mol. The second-order valence-electron chi connectivity index (χ2n) is 8.39. The minimum atomic E-state index is -1.83. The fraction of sp³-hybridized carbons (Fsp3) is 0.214. The molecule has 0 aromatic heterocycles. The van der Waals surface area contributed by atoms with Crippen LogP contribution in [-0.2, 0) is 0 Å². The SMILES string of the molecule is C=Cc1cc(NC(=C)C(c2cc(F)c(C)c(F)c2)C(C)(O)Cl)ccc1Cl.CNc1ccc(C)cc1F. The third-order valence-electron chi connectivity index (χ3n) is 5.43. The molecule has 192 valence electrons. The van der Waals surface area contributed by atoms with Gasteiger partial charge in [-0.05, 0) is 79.9 Å². The first-order valence-electron chi connectivity index (χ1n) is 11.0. The molecule has 3 N–H and O–H groups in total. The van der Waals surface area contributed by atoms with Crippen LogP contribution >= 0.6 is 23.2 Å². The minimum absolute atomic E-state index is 0.103. The van der Waals surface area contributed by atoms with Crippen LogP contribution in [0.4, 0.5) is 24.5 Å². The lowest BCUT2D eigenvalue weighted by Crippen LogP contribution is -2.30. The summed E-state index contributed by atoms with van der Waals surface area (Å²) in [5.74, 6) is -2.61. The Labute approximate surface area is 220 Å². The lowest BCUT2D eigenvalue weighted by molar-refractivity contribution is 0.130. The molecule has 0 aliphatic heterocycles. The number of nitrogens with one attached hydrogen (secondary N) is 2. The van der Waals surface area contributed by atoms with Crippen molar-refractivity contribution < 1.29 is 18.3 Å². The highest BCUT2D eigenvalue weighted by atomic mass is 35.5. The van der Waals surface area contributed by atoms with Crippen LogP contribution in [0.1, 0.15) is 35.1 Å². The molecule has 0 aliphatic rings. The van der Waals surface area contributed by atoms with Crippen LogP contribution in [0.25, 0.3) is 6.08 Å². The third-order valence-corrected chi connectivity index (χ3v) is 5.99. The average Bonchev–Trinajstić information content (AvgIpc) is 2.78. The van der Waals surface area contributed by atoms with Gasteiger partial charge >= 0.3 is 0 Å².